The van der Waals surface area contributed by atoms with Gasteiger partial charge in [-0.15, -0.1) is 11.3 Å². The van der Waals surface area contributed by atoms with Gasteiger partial charge in [-0.2, -0.15) is 4.98 Å². The third kappa shape index (κ3) is 1.92. The van der Waals surface area contributed by atoms with E-state index in [1.807, 2.05) is 0 Å². The lowest BCUT2D eigenvalue weighted by Gasteiger charge is -1.95. The zero-order valence-electron chi connectivity index (χ0n) is 8.25. The summed E-state index contributed by atoms with van der Waals surface area (Å²) in [4.78, 5) is 18.4. The summed E-state index contributed by atoms with van der Waals surface area (Å²) in [5.41, 5.74) is 6.09. The second-order valence-corrected chi connectivity index (χ2v) is 3.98. The third-order valence-corrected chi connectivity index (χ3v) is 2.79. The monoisotopic (exact) mass is 240 g/mol. The lowest BCUT2D eigenvalue weighted by atomic mass is 10.4. The minimum atomic E-state index is -1.24. The maximum Gasteiger partial charge on any atom is 0.377 e. The molecule has 84 valence electrons. The second kappa shape index (κ2) is 3.99. The molecule has 2 aromatic heterocycles. The van der Waals surface area contributed by atoms with Gasteiger partial charge in [0.2, 0.25) is 0 Å². The van der Waals surface area contributed by atoms with E-state index in [9.17, 15) is 4.79 Å². The summed E-state index contributed by atoms with van der Waals surface area (Å²) in [6.07, 6.45) is 0. The van der Waals surface area contributed by atoms with Gasteiger partial charge in [0.1, 0.15) is 10.7 Å². The Balaban J connectivity index is 2.31. The minimum absolute atomic E-state index is 0.0838. The van der Waals surface area contributed by atoms with Crippen molar-refractivity contribution < 1.29 is 14.4 Å². The van der Waals surface area contributed by atoms with Gasteiger partial charge in [-0.1, -0.05) is 0 Å². The number of nitrogens with two attached hydrogens (primary N) is 1. The number of carbonyl (C=O) groups is 1. The van der Waals surface area contributed by atoms with Crippen LogP contribution in [0, 0.1) is 0 Å². The molecule has 16 heavy (non-hydrogen) atoms. The first-order valence-electron chi connectivity index (χ1n) is 4.36. The van der Waals surface area contributed by atoms with Crippen molar-refractivity contribution in [3.05, 3.63) is 16.2 Å². The van der Waals surface area contributed by atoms with Crippen LogP contribution in [0.5, 0.6) is 0 Å². The van der Waals surface area contributed by atoms with Crippen molar-refractivity contribution in [3.8, 4) is 11.6 Å². The van der Waals surface area contributed by atoms with Crippen LogP contribution < -0.4 is 5.73 Å². The van der Waals surface area contributed by atoms with Crippen LogP contribution in [0.15, 0.2) is 9.90 Å². The molecule has 0 aromatic carbocycles. The van der Waals surface area contributed by atoms with E-state index in [-0.39, 0.29) is 17.8 Å². The van der Waals surface area contributed by atoms with Gasteiger partial charge < -0.3 is 15.4 Å². The molecule has 0 bridgehead atoms. The number of nitrogens with zero attached hydrogens (tertiary/aromatic N) is 3. The van der Waals surface area contributed by atoms with Crippen LogP contribution in [0.2, 0.25) is 0 Å². The van der Waals surface area contributed by atoms with Gasteiger partial charge in [0.05, 0.1) is 6.04 Å². The van der Waals surface area contributed by atoms with Gasteiger partial charge in [-0.05, 0) is 12.1 Å². The first-order chi connectivity index (χ1) is 7.58. The van der Waals surface area contributed by atoms with E-state index in [0.717, 1.165) is 5.01 Å². The molecule has 0 spiro atoms. The number of carboxylic acids is 1. The highest BCUT2D eigenvalue weighted by atomic mass is 32.1. The van der Waals surface area contributed by atoms with Gasteiger partial charge in [0.25, 0.3) is 11.7 Å². The maximum atomic E-state index is 10.5. The lowest BCUT2D eigenvalue weighted by Crippen LogP contribution is -2.03. The number of thiazole rings is 1. The highest BCUT2D eigenvalue weighted by Gasteiger charge is 2.17. The molecule has 3 N–H and O–H groups in total. The van der Waals surface area contributed by atoms with Crippen molar-refractivity contribution in [2.75, 3.05) is 0 Å². The van der Waals surface area contributed by atoms with Crippen molar-refractivity contribution in [1.82, 2.24) is 15.1 Å². The number of hydrogen-bond donors (Lipinski definition) is 2. The number of carboxylic acid groups (broad SMARTS) is 1. The molecular weight excluding hydrogens is 232 g/mol. The maximum absolute atomic E-state index is 10.5. The molecule has 1 atom stereocenters. The molecule has 1 unspecified atom stereocenters. The van der Waals surface area contributed by atoms with Crippen molar-refractivity contribution in [2.45, 2.75) is 13.0 Å². The van der Waals surface area contributed by atoms with Crippen LogP contribution in [0.25, 0.3) is 11.6 Å². The molecule has 0 saturated heterocycles. The van der Waals surface area contributed by atoms with Crippen LogP contribution in [-0.2, 0) is 0 Å². The standard InChI is InChI=1S/C8H8N4O3S/c1-3(9)7-10-4(2-16-7)6-11-5(8(13)14)12-15-6/h2-3H,9H2,1H3,(H,13,14). The molecule has 0 amide bonds. The third-order valence-electron chi connectivity index (χ3n) is 1.75. The molecular formula is C8H8N4O3S. The van der Waals surface area contributed by atoms with Crippen molar-refractivity contribution in [1.29, 1.82) is 0 Å². The Hall–Kier alpha value is -1.80. The van der Waals surface area contributed by atoms with E-state index >= 15 is 0 Å². The smallest absolute Gasteiger partial charge is 0.377 e. The molecule has 2 aromatic rings. The SMILES string of the molecule is CC(N)c1nc(-c2nc(C(=O)O)no2)cs1. The van der Waals surface area contributed by atoms with Gasteiger partial charge in [0, 0.05) is 5.38 Å². The first-order valence-corrected chi connectivity index (χ1v) is 5.24. The predicted octanol–water partition coefficient (Wildman–Crippen LogP) is 0.911. The Bertz CT molecular complexity index is 519. The molecule has 0 radical (unpaired) electrons. The van der Waals surface area contributed by atoms with E-state index < -0.39 is 5.97 Å². The summed E-state index contributed by atoms with van der Waals surface area (Å²) in [5.74, 6) is -1.54. The molecule has 7 nitrogen and oxygen atoms in total. The molecule has 0 fully saturated rings. The topological polar surface area (TPSA) is 115 Å². The minimum Gasteiger partial charge on any atom is -0.475 e. The number of hydrogen-bond acceptors (Lipinski definition) is 7. The van der Waals surface area contributed by atoms with Crippen LogP contribution in [0.3, 0.4) is 0 Å². The van der Waals surface area contributed by atoms with Crippen LogP contribution in [-0.4, -0.2) is 26.2 Å². The Morgan fingerprint density at radius 1 is 1.62 bits per heavy atom. The van der Waals surface area contributed by atoms with E-state index in [4.69, 9.17) is 15.4 Å². The first kappa shape index (κ1) is 10.7. The number of aromatic carboxylic acids is 1. The molecule has 0 aliphatic heterocycles. The Labute approximate surface area is 93.9 Å². The number of aromatic nitrogens is 3. The highest BCUT2D eigenvalue weighted by Crippen LogP contribution is 2.23. The van der Waals surface area contributed by atoms with Gasteiger partial charge in [0.15, 0.2) is 0 Å². The van der Waals surface area contributed by atoms with Crippen LogP contribution >= 0.6 is 11.3 Å². The van der Waals surface area contributed by atoms with Crippen LogP contribution in [0.1, 0.15) is 28.6 Å². The van der Waals surface area contributed by atoms with Crippen molar-refractivity contribution in [2.24, 2.45) is 5.73 Å². The van der Waals surface area contributed by atoms with Gasteiger partial charge in [-0.25, -0.2) is 9.78 Å². The molecule has 0 aliphatic carbocycles. The molecule has 0 aliphatic rings. The Kier molecular flexibility index (Phi) is 2.67. The zero-order valence-corrected chi connectivity index (χ0v) is 9.06. The van der Waals surface area contributed by atoms with Gasteiger partial charge >= 0.3 is 5.97 Å². The summed E-state index contributed by atoms with van der Waals surface area (Å²) in [7, 11) is 0. The molecule has 8 heteroatoms. The normalized spacial score (nSPS) is 12.6. The Morgan fingerprint density at radius 2 is 2.38 bits per heavy atom. The summed E-state index contributed by atoms with van der Waals surface area (Å²) < 4.78 is 4.77. The summed E-state index contributed by atoms with van der Waals surface area (Å²) >= 11 is 1.36. The average molecular weight is 240 g/mol. The van der Waals surface area contributed by atoms with Gasteiger partial charge in [-0.3, -0.25) is 0 Å². The number of rotatable bonds is 3. The fourth-order valence-corrected chi connectivity index (χ4v) is 1.76. The summed E-state index contributed by atoms with van der Waals surface area (Å²) in [5, 5.41) is 14.3. The summed E-state index contributed by atoms with van der Waals surface area (Å²) in [6, 6.07) is -0.180. The van der Waals surface area contributed by atoms with E-state index in [2.05, 4.69) is 15.1 Å². The highest BCUT2D eigenvalue weighted by molar-refractivity contribution is 7.10. The molecule has 0 saturated carbocycles. The van der Waals surface area contributed by atoms with Crippen molar-refractivity contribution in [3.63, 3.8) is 0 Å². The predicted molar refractivity (Wildman–Crippen MR) is 55.0 cm³/mol. The fourth-order valence-electron chi connectivity index (χ4n) is 1.01. The van der Waals surface area contributed by atoms with Crippen LogP contribution in [0.4, 0.5) is 0 Å². The van der Waals surface area contributed by atoms with E-state index in [1.54, 1.807) is 12.3 Å². The molecule has 2 rings (SSSR count). The van der Waals surface area contributed by atoms with E-state index in [1.165, 1.54) is 11.3 Å². The average Bonchev–Trinajstić information content (AvgIpc) is 2.86. The fraction of sp³-hybridized carbons (Fsp3) is 0.250. The lowest BCUT2D eigenvalue weighted by molar-refractivity contribution is 0.0680. The Morgan fingerprint density at radius 3 is 2.88 bits per heavy atom. The molecule has 2 heterocycles. The quantitative estimate of drug-likeness (QED) is 0.819. The summed E-state index contributed by atoms with van der Waals surface area (Å²) in [6.45, 7) is 1.80. The second-order valence-electron chi connectivity index (χ2n) is 3.09. The largest absolute Gasteiger partial charge is 0.475 e. The van der Waals surface area contributed by atoms with E-state index in [0.29, 0.717) is 5.69 Å². The zero-order chi connectivity index (χ0) is 11.7. The van der Waals surface area contributed by atoms with Crippen molar-refractivity contribution >= 4 is 17.3 Å².